The third-order valence-electron chi connectivity index (χ3n) is 1.81. The second-order valence-electron chi connectivity index (χ2n) is 2.75. The normalized spacial score (nSPS) is 32.4. The van der Waals surface area contributed by atoms with Gasteiger partial charge in [-0.25, -0.2) is 0 Å². The van der Waals surface area contributed by atoms with E-state index in [1.165, 1.54) is 0 Å². The minimum absolute atomic E-state index is 0.0880. The van der Waals surface area contributed by atoms with Gasteiger partial charge in [0.2, 0.25) is 0 Å². The smallest absolute Gasteiger partial charge is 0.145 e. The van der Waals surface area contributed by atoms with Gasteiger partial charge in [0, 0.05) is 11.8 Å². The van der Waals surface area contributed by atoms with Crippen molar-refractivity contribution < 1.29 is 4.79 Å². The Balaban J connectivity index is 2.79. The van der Waals surface area contributed by atoms with Gasteiger partial charge in [-0.05, 0) is 0 Å². The Morgan fingerprint density at radius 1 is 1.10 bits per heavy atom. The van der Waals surface area contributed by atoms with Crippen LogP contribution in [-0.4, -0.2) is 5.78 Å². The zero-order valence-corrected chi connectivity index (χ0v) is 6.37. The van der Waals surface area contributed by atoms with Gasteiger partial charge in [-0.2, -0.15) is 0 Å². The van der Waals surface area contributed by atoms with Gasteiger partial charge in [0.15, 0.2) is 0 Å². The lowest BCUT2D eigenvalue weighted by Crippen LogP contribution is -2.14. The van der Waals surface area contributed by atoms with Crippen LogP contribution < -0.4 is 0 Å². The second kappa shape index (κ2) is 2.82. The van der Waals surface area contributed by atoms with Gasteiger partial charge in [-0.15, -0.1) is 0 Å². The van der Waals surface area contributed by atoms with Crippen LogP contribution in [0.4, 0.5) is 0 Å². The maximum Gasteiger partial charge on any atom is 0.145 e. The molecule has 2 unspecified atom stereocenters. The number of allylic oxidation sites excluding steroid dienone is 4. The molecule has 0 radical (unpaired) electrons. The first-order chi connectivity index (χ1) is 4.72. The first kappa shape index (κ1) is 7.26. The molecular formula is C9H12O. The molecule has 54 valence electrons. The molecule has 1 nitrogen and oxygen atoms in total. The van der Waals surface area contributed by atoms with E-state index in [4.69, 9.17) is 0 Å². The minimum Gasteiger partial charge on any atom is -0.298 e. The van der Waals surface area contributed by atoms with E-state index in [0.29, 0.717) is 5.78 Å². The third kappa shape index (κ3) is 1.35. The highest BCUT2D eigenvalue weighted by Gasteiger charge is 2.16. The lowest BCUT2D eigenvalue weighted by atomic mass is 9.97. The van der Waals surface area contributed by atoms with Gasteiger partial charge in [-0.1, -0.05) is 38.2 Å². The Morgan fingerprint density at radius 2 is 1.50 bits per heavy atom. The Hall–Kier alpha value is -0.850. The molecule has 0 saturated heterocycles. The lowest BCUT2D eigenvalue weighted by molar-refractivity contribution is -0.123. The molecule has 0 heterocycles. The molecule has 10 heavy (non-hydrogen) atoms. The summed E-state index contributed by atoms with van der Waals surface area (Å²) >= 11 is 0. The number of carbonyl (C=O) groups is 1. The van der Waals surface area contributed by atoms with Gasteiger partial charge in [0.1, 0.15) is 5.78 Å². The minimum atomic E-state index is 0.0880. The van der Waals surface area contributed by atoms with Crippen molar-refractivity contribution in [3.8, 4) is 0 Å². The zero-order valence-electron chi connectivity index (χ0n) is 6.37. The molecule has 1 aliphatic carbocycles. The Morgan fingerprint density at radius 3 is 1.90 bits per heavy atom. The van der Waals surface area contributed by atoms with E-state index < -0.39 is 0 Å². The van der Waals surface area contributed by atoms with Crippen LogP contribution in [0.1, 0.15) is 13.8 Å². The molecule has 0 spiro atoms. The first-order valence-corrected chi connectivity index (χ1v) is 3.60. The van der Waals surface area contributed by atoms with Crippen molar-refractivity contribution in [1.82, 2.24) is 0 Å². The van der Waals surface area contributed by atoms with Crippen LogP contribution in [-0.2, 0) is 4.79 Å². The number of hydrogen-bond acceptors (Lipinski definition) is 1. The highest BCUT2D eigenvalue weighted by Crippen LogP contribution is 2.12. The van der Waals surface area contributed by atoms with Crippen molar-refractivity contribution in [1.29, 1.82) is 0 Å². The van der Waals surface area contributed by atoms with Crippen molar-refractivity contribution >= 4 is 5.78 Å². The van der Waals surface area contributed by atoms with Crippen molar-refractivity contribution in [3.63, 3.8) is 0 Å². The number of rotatable bonds is 0. The topological polar surface area (TPSA) is 17.1 Å². The van der Waals surface area contributed by atoms with E-state index in [-0.39, 0.29) is 11.8 Å². The van der Waals surface area contributed by atoms with E-state index >= 15 is 0 Å². The molecule has 0 fully saturated rings. The summed E-state index contributed by atoms with van der Waals surface area (Å²) in [4.78, 5) is 11.2. The van der Waals surface area contributed by atoms with E-state index in [9.17, 15) is 4.79 Å². The van der Waals surface area contributed by atoms with Crippen LogP contribution in [0.3, 0.4) is 0 Å². The predicted molar refractivity (Wildman–Crippen MR) is 41.6 cm³/mol. The van der Waals surface area contributed by atoms with Crippen LogP contribution in [0.2, 0.25) is 0 Å². The molecule has 1 aliphatic rings. The maximum absolute atomic E-state index is 11.2. The molecule has 2 atom stereocenters. The highest BCUT2D eigenvalue weighted by molar-refractivity contribution is 5.86. The highest BCUT2D eigenvalue weighted by atomic mass is 16.1. The van der Waals surface area contributed by atoms with E-state index in [2.05, 4.69) is 0 Å². The summed E-state index contributed by atoms with van der Waals surface area (Å²) in [6.45, 7) is 3.87. The number of Topliss-reactive ketones (excluding diaryl/α,β-unsaturated/α-hetero) is 1. The summed E-state index contributed by atoms with van der Waals surface area (Å²) in [5, 5.41) is 0. The summed E-state index contributed by atoms with van der Waals surface area (Å²) in [6.07, 6.45) is 7.74. The fourth-order valence-corrected chi connectivity index (χ4v) is 1.07. The molecular weight excluding hydrogens is 124 g/mol. The van der Waals surface area contributed by atoms with Crippen LogP contribution in [0, 0.1) is 11.8 Å². The average molecular weight is 136 g/mol. The van der Waals surface area contributed by atoms with E-state index in [1.807, 2.05) is 38.2 Å². The summed E-state index contributed by atoms with van der Waals surface area (Å²) in [7, 11) is 0. The first-order valence-electron chi connectivity index (χ1n) is 3.60. The molecule has 0 N–H and O–H groups in total. The van der Waals surface area contributed by atoms with Crippen molar-refractivity contribution in [3.05, 3.63) is 24.3 Å². The number of hydrogen-bond donors (Lipinski definition) is 0. The molecule has 0 bridgehead atoms. The Kier molecular flexibility index (Phi) is 2.05. The van der Waals surface area contributed by atoms with Gasteiger partial charge >= 0.3 is 0 Å². The summed E-state index contributed by atoms with van der Waals surface area (Å²) in [5.74, 6) is 0.486. The summed E-state index contributed by atoms with van der Waals surface area (Å²) < 4.78 is 0. The standard InChI is InChI=1S/C9H12O/c1-7-5-3-4-6-8(2)9(7)10/h3-8H,1-2H3. The maximum atomic E-state index is 11.2. The van der Waals surface area contributed by atoms with Crippen LogP contribution >= 0.6 is 0 Å². The molecule has 0 aromatic heterocycles. The zero-order chi connectivity index (χ0) is 7.56. The SMILES string of the molecule is CC1C=CC=CC(C)C1=O. The number of carbonyl (C=O) groups excluding carboxylic acids is 1. The molecule has 0 aliphatic heterocycles. The predicted octanol–water partition coefficient (Wildman–Crippen LogP) is 1.95. The fraction of sp³-hybridized carbons (Fsp3) is 0.444. The quantitative estimate of drug-likeness (QED) is 0.497. The van der Waals surface area contributed by atoms with Crippen LogP contribution in [0.15, 0.2) is 24.3 Å². The monoisotopic (exact) mass is 136 g/mol. The van der Waals surface area contributed by atoms with Gasteiger partial charge in [0.05, 0.1) is 0 Å². The average Bonchev–Trinajstić information content (AvgIpc) is 2.04. The Labute approximate surface area is 61.4 Å². The van der Waals surface area contributed by atoms with Crippen molar-refractivity contribution in [2.45, 2.75) is 13.8 Å². The Bertz CT molecular complexity index is 169. The van der Waals surface area contributed by atoms with Crippen LogP contribution in [0.25, 0.3) is 0 Å². The second-order valence-corrected chi connectivity index (χ2v) is 2.75. The largest absolute Gasteiger partial charge is 0.298 e. The number of ketones is 1. The lowest BCUT2D eigenvalue weighted by Gasteiger charge is -2.06. The van der Waals surface area contributed by atoms with Crippen LogP contribution in [0.5, 0.6) is 0 Å². The summed E-state index contributed by atoms with van der Waals surface area (Å²) in [6, 6.07) is 0. The van der Waals surface area contributed by atoms with Crippen molar-refractivity contribution in [2.24, 2.45) is 11.8 Å². The molecule has 0 amide bonds. The molecule has 0 aromatic rings. The fourth-order valence-electron chi connectivity index (χ4n) is 1.07. The third-order valence-corrected chi connectivity index (χ3v) is 1.81. The summed E-state index contributed by atoms with van der Waals surface area (Å²) in [5.41, 5.74) is 0. The van der Waals surface area contributed by atoms with Gasteiger partial charge in [0.25, 0.3) is 0 Å². The van der Waals surface area contributed by atoms with Gasteiger partial charge in [-0.3, -0.25) is 4.79 Å². The molecule has 0 aromatic carbocycles. The molecule has 1 heteroatoms. The van der Waals surface area contributed by atoms with E-state index in [1.54, 1.807) is 0 Å². The van der Waals surface area contributed by atoms with Crippen molar-refractivity contribution in [2.75, 3.05) is 0 Å². The molecule has 1 rings (SSSR count). The molecule has 0 saturated carbocycles. The van der Waals surface area contributed by atoms with Gasteiger partial charge < -0.3 is 0 Å². The van der Waals surface area contributed by atoms with E-state index in [0.717, 1.165) is 0 Å².